The lowest BCUT2D eigenvalue weighted by atomic mass is 10.0. The highest BCUT2D eigenvalue weighted by Gasteiger charge is 2.33. The average molecular weight is 140 g/mol. The fourth-order valence-corrected chi connectivity index (χ4v) is 2.22. The monoisotopic (exact) mass is 140 g/mol. The maximum Gasteiger partial charge on any atom is 0.0600 e. The molecule has 0 amide bonds. The van der Waals surface area contributed by atoms with Crippen LogP contribution in [-0.2, 0) is 0 Å². The van der Waals surface area contributed by atoms with E-state index in [0.29, 0.717) is 0 Å². The van der Waals surface area contributed by atoms with Gasteiger partial charge in [0, 0.05) is 6.54 Å². The fourth-order valence-electron chi connectivity index (χ4n) is 2.22. The summed E-state index contributed by atoms with van der Waals surface area (Å²) in [5, 5.41) is 3.54. The predicted octanol–water partition coefficient (Wildman–Crippen LogP) is 0.648. The van der Waals surface area contributed by atoms with E-state index in [1.807, 2.05) is 0 Å². The zero-order valence-electron chi connectivity index (χ0n) is 6.64. The van der Waals surface area contributed by atoms with Crippen molar-refractivity contribution in [2.24, 2.45) is 5.92 Å². The van der Waals surface area contributed by atoms with Crippen molar-refractivity contribution in [3.8, 4) is 0 Å². The molecule has 2 heterocycles. The van der Waals surface area contributed by atoms with Crippen molar-refractivity contribution in [1.82, 2.24) is 10.2 Å². The lowest BCUT2D eigenvalue weighted by molar-refractivity contribution is 0.233. The minimum absolute atomic E-state index is 0.726. The number of piperidine rings is 1. The highest BCUT2D eigenvalue weighted by molar-refractivity contribution is 4.87. The third-order valence-corrected chi connectivity index (χ3v) is 2.83. The van der Waals surface area contributed by atoms with Gasteiger partial charge in [0.1, 0.15) is 0 Å². The van der Waals surface area contributed by atoms with Gasteiger partial charge in [0.2, 0.25) is 0 Å². The van der Waals surface area contributed by atoms with E-state index in [1.54, 1.807) is 0 Å². The molecule has 2 unspecified atom stereocenters. The van der Waals surface area contributed by atoms with Crippen LogP contribution in [-0.4, -0.2) is 30.7 Å². The van der Waals surface area contributed by atoms with E-state index >= 15 is 0 Å². The van der Waals surface area contributed by atoms with Gasteiger partial charge in [-0.1, -0.05) is 6.92 Å². The molecule has 2 nitrogen and oxygen atoms in total. The Morgan fingerprint density at radius 2 is 2.50 bits per heavy atom. The van der Waals surface area contributed by atoms with E-state index in [1.165, 1.54) is 32.5 Å². The lowest BCUT2D eigenvalue weighted by Crippen LogP contribution is -2.41. The molecular weight excluding hydrogens is 124 g/mol. The van der Waals surface area contributed by atoms with Crippen LogP contribution in [0.2, 0.25) is 0 Å². The zero-order valence-corrected chi connectivity index (χ0v) is 6.64. The molecule has 2 saturated heterocycles. The van der Waals surface area contributed by atoms with Gasteiger partial charge in [0.15, 0.2) is 0 Å². The Morgan fingerprint density at radius 3 is 3.20 bits per heavy atom. The van der Waals surface area contributed by atoms with E-state index < -0.39 is 0 Å². The van der Waals surface area contributed by atoms with Crippen LogP contribution in [0, 0.1) is 5.92 Å². The predicted molar refractivity (Wildman–Crippen MR) is 41.8 cm³/mol. The van der Waals surface area contributed by atoms with Crippen LogP contribution in [0.1, 0.15) is 19.8 Å². The number of hydrogen-bond acceptors (Lipinski definition) is 2. The van der Waals surface area contributed by atoms with Gasteiger partial charge in [-0.25, -0.2) is 0 Å². The molecule has 0 aliphatic carbocycles. The number of rotatable bonds is 1. The van der Waals surface area contributed by atoms with Gasteiger partial charge in [-0.2, -0.15) is 0 Å². The molecular formula is C8H16N2. The summed E-state index contributed by atoms with van der Waals surface area (Å²) in [4.78, 5) is 2.55. The second-order valence-corrected chi connectivity index (χ2v) is 3.45. The number of hydrogen-bond donors (Lipinski definition) is 1. The summed E-state index contributed by atoms with van der Waals surface area (Å²) in [7, 11) is 0. The Balaban J connectivity index is 2.01. The highest BCUT2D eigenvalue weighted by Crippen LogP contribution is 2.26. The van der Waals surface area contributed by atoms with E-state index in [4.69, 9.17) is 0 Å². The van der Waals surface area contributed by atoms with Gasteiger partial charge >= 0.3 is 0 Å². The van der Waals surface area contributed by atoms with Crippen molar-refractivity contribution in [3.63, 3.8) is 0 Å². The zero-order chi connectivity index (χ0) is 6.97. The smallest absolute Gasteiger partial charge is 0.0600 e. The summed E-state index contributed by atoms with van der Waals surface area (Å²) in [6, 6.07) is 0. The Labute approximate surface area is 62.6 Å². The van der Waals surface area contributed by atoms with Crippen molar-refractivity contribution < 1.29 is 0 Å². The van der Waals surface area contributed by atoms with Crippen molar-refractivity contribution >= 4 is 0 Å². The minimum Gasteiger partial charge on any atom is -0.302 e. The summed E-state index contributed by atoms with van der Waals surface area (Å²) in [5.74, 6) is 1.01. The molecule has 2 fully saturated rings. The van der Waals surface area contributed by atoms with Crippen molar-refractivity contribution in [3.05, 3.63) is 0 Å². The molecule has 2 bridgehead atoms. The van der Waals surface area contributed by atoms with Crippen LogP contribution >= 0.6 is 0 Å². The third-order valence-electron chi connectivity index (χ3n) is 2.83. The first kappa shape index (κ1) is 6.62. The van der Waals surface area contributed by atoms with Crippen LogP contribution in [0.3, 0.4) is 0 Å². The van der Waals surface area contributed by atoms with Gasteiger partial charge in [-0.05, 0) is 31.8 Å². The molecule has 10 heavy (non-hydrogen) atoms. The molecule has 0 aromatic rings. The molecule has 58 valence electrons. The average Bonchev–Trinajstić information content (AvgIpc) is 2.26. The Morgan fingerprint density at radius 1 is 1.60 bits per heavy atom. The van der Waals surface area contributed by atoms with Gasteiger partial charge < -0.3 is 5.32 Å². The SMILES string of the molecule is CCN1CC2CCNC1C2. The molecule has 2 atom stereocenters. The van der Waals surface area contributed by atoms with Crippen molar-refractivity contribution in [1.29, 1.82) is 0 Å². The second-order valence-electron chi connectivity index (χ2n) is 3.45. The molecule has 2 aliphatic heterocycles. The molecule has 0 aromatic carbocycles. The van der Waals surface area contributed by atoms with E-state index in [-0.39, 0.29) is 0 Å². The Kier molecular flexibility index (Phi) is 1.66. The largest absolute Gasteiger partial charge is 0.302 e. The van der Waals surface area contributed by atoms with Crippen LogP contribution < -0.4 is 5.32 Å². The molecule has 0 radical (unpaired) electrons. The number of nitrogens with one attached hydrogen (secondary N) is 1. The molecule has 2 rings (SSSR count). The topological polar surface area (TPSA) is 15.3 Å². The van der Waals surface area contributed by atoms with E-state index in [2.05, 4.69) is 17.1 Å². The summed E-state index contributed by atoms with van der Waals surface area (Å²) in [6.45, 7) is 6.05. The maximum atomic E-state index is 3.54. The molecule has 0 aromatic heterocycles. The first-order valence-corrected chi connectivity index (χ1v) is 4.37. The van der Waals surface area contributed by atoms with Gasteiger partial charge in [-0.3, -0.25) is 4.90 Å². The van der Waals surface area contributed by atoms with E-state index in [9.17, 15) is 0 Å². The lowest BCUT2D eigenvalue weighted by Gasteiger charge is -2.24. The Bertz CT molecular complexity index is 124. The third kappa shape index (κ3) is 0.956. The number of likely N-dealkylation sites (tertiary alicyclic amines) is 1. The first-order chi connectivity index (χ1) is 4.90. The standard InChI is InChI=1S/C8H16N2/c1-2-10-6-7-3-4-9-8(10)5-7/h7-9H,2-6H2,1H3. The van der Waals surface area contributed by atoms with Crippen LogP contribution in [0.15, 0.2) is 0 Å². The van der Waals surface area contributed by atoms with Gasteiger partial charge in [0.25, 0.3) is 0 Å². The second kappa shape index (κ2) is 2.51. The normalized spacial score (nSPS) is 40.5. The van der Waals surface area contributed by atoms with Crippen molar-refractivity contribution in [2.45, 2.75) is 25.9 Å². The van der Waals surface area contributed by atoms with Gasteiger partial charge in [0.05, 0.1) is 6.17 Å². The molecule has 1 N–H and O–H groups in total. The molecule has 0 spiro atoms. The first-order valence-electron chi connectivity index (χ1n) is 4.37. The van der Waals surface area contributed by atoms with E-state index in [0.717, 1.165) is 12.1 Å². The fraction of sp³-hybridized carbons (Fsp3) is 1.00. The summed E-state index contributed by atoms with van der Waals surface area (Å²) >= 11 is 0. The Hall–Kier alpha value is -0.0800. The minimum atomic E-state index is 0.726. The van der Waals surface area contributed by atoms with Crippen LogP contribution in [0.4, 0.5) is 0 Å². The van der Waals surface area contributed by atoms with Gasteiger partial charge in [-0.15, -0.1) is 0 Å². The van der Waals surface area contributed by atoms with Crippen LogP contribution in [0.5, 0.6) is 0 Å². The van der Waals surface area contributed by atoms with Crippen LogP contribution in [0.25, 0.3) is 0 Å². The highest BCUT2D eigenvalue weighted by atomic mass is 15.3. The number of nitrogens with zero attached hydrogens (tertiary/aromatic N) is 1. The summed E-state index contributed by atoms with van der Waals surface area (Å²) < 4.78 is 0. The quantitative estimate of drug-likeness (QED) is 0.575. The number of fused-ring (bicyclic) bond motifs is 2. The molecule has 0 saturated carbocycles. The summed E-state index contributed by atoms with van der Waals surface area (Å²) in [6.07, 6.45) is 3.52. The van der Waals surface area contributed by atoms with Crippen molar-refractivity contribution in [2.75, 3.05) is 19.6 Å². The molecule has 2 heteroatoms. The molecule has 2 aliphatic rings. The maximum absolute atomic E-state index is 3.54. The summed E-state index contributed by atoms with van der Waals surface area (Å²) in [5.41, 5.74) is 0.